The maximum absolute atomic E-state index is 5.77. The highest BCUT2D eigenvalue weighted by molar-refractivity contribution is 9.10. The van der Waals surface area contributed by atoms with E-state index in [0.29, 0.717) is 12.5 Å². The summed E-state index contributed by atoms with van der Waals surface area (Å²) in [5.74, 6) is 1.35. The van der Waals surface area contributed by atoms with Gasteiger partial charge in [0.05, 0.1) is 17.3 Å². The Morgan fingerprint density at radius 2 is 2.22 bits per heavy atom. The van der Waals surface area contributed by atoms with Crippen molar-refractivity contribution in [1.82, 2.24) is 9.78 Å². The zero-order valence-electron chi connectivity index (χ0n) is 10.1. The zero-order valence-corrected chi connectivity index (χ0v) is 12.4. The van der Waals surface area contributed by atoms with Crippen LogP contribution in [0.25, 0.3) is 0 Å². The number of hydrogen-bond donors (Lipinski definition) is 0. The lowest BCUT2D eigenvalue weighted by Crippen LogP contribution is -2.01. The Balaban J connectivity index is 1.90. The highest BCUT2D eigenvalue weighted by Gasteiger charge is 2.03. The number of ether oxygens (including phenoxy) is 1. The molecule has 18 heavy (non-hydrogen) atoms. The lowest BCUT2D eigenvalue weighted by Gasteiger charge is -2.08. The van der Waals surface area contributed by atoms with Crippen LogP contribution < -0.4 is 4.74 Å². The van der Waals surface area contributed by atoms with Crippen molar-refractivity contribution in [2.75, 3.05) is 6.61 Å². The van der Waals surface area contributed by atoms with Gasteiger partial charge in [0.15, 0.2) is 0 Å². The third kappa shape index (κ3) is 3.50. The van der Waals surface area contributed by atoms with Gasteiger partial charge >= 0.3 is 0 Å². The summed E-state index contributed by atoms with van der Waals surface area (Å²) in [4.78, 5) is 0. The van der Waals surface area contributed by atoms with Gasteiger partial charge in [0.25, 0.3) is 0 Å². The van der Waals surface area contributed by atoms with Gasteiger partial charge in [0.2, 0.25) is 0 Å². The fourth-order valence-corrected chi connectivity index (χ4v) is 2.33. The summed E-state index contributed by atoms with van der Waals surface area (Å²) < 4.78 is 8.45. The Bertz CT molecular complexity index is 527. The first-order valence-electron chi connectivity index (χ1n) is 5.64. The van der Waals surface area contributed by atoms with Crippen LogP contribution in [0.5, 0.6) is 5.75 Å². The predicted octanol–water partition coefficient (Wildman–Crippen LogP) is 3.54. The van der Waals surface area contributed by atoms with Gasteiger partial charge in [-0.3, -0.25) is 4.68 Å². The fourth-order valence-electron chi connectivity index (χ4n) is 1.62. The SMILES string of the molecule is Cn1cc(CCOc2ccc(CCl)cc2Br)cn1. The van der Waals surface area contributed by atoms with E-state index in [4.69, 9.17) is 16.3 Å². The van der Waals surface area contributed by atoms with E-state index in [9.17, 15) is 0 Å². The molecule has 0 saturated carbocycles. The standard InChI is InChI=1S/C13H14BrClN2O/c1-17-9-11(8-16-17)4-5-18-13-3-2-10(7-15)6-12(13)14/h2-3,6,8-9H,4-5,7H2,1H3. The van der Waals surface area contributed by atoms with Crippen molar-refractivity contribution in [2.45, 2.75) is 12.3 Å². The molecule has 2 rings (SSSR count). The van der Waals surface area contributed by atoms with Gasteiger partial charge in [-0.15, -0.1) is 11.6 Å². The molecule has 0 unspecified atom stereocenters. The number of aromatic nitrogens is 2. The number of nitrogens with zero attached hydrogens (tertiary/aromatic N) is 2. The summed E-state index contributed by atoms with van der Waals surface area (Å²) >= 11 is 9.25. The van der Waals surface area contributed by atoms with Gasteiger partial charge < -0.3 is 4.74 Å². The highest BCUT2D eigenvalue weighted by Crippen LogP contribution is 2.26. The number of rotatable bonds is 5. The second-order valence-corrected chi connectivity index (χ2v) is 5.14. The molecule has 0 saturated heterocycles. The van der Waals surface area contributed by atoms with Gasteiger partial charge in [0.1, 0.15) is 5.75 Å². The first kappa shape index (κ1) is 13.4. The first-order chi connectivity index (χ1) is 8.69. The number of hydrogen-bond acceptors (Lipinski definition) is 2. The molecule has 0 aliphatic rings. The van der Waals surface area contributed by atoms with Crippen LogP contribution in [-0.4, -0.2) is 16.4 Å². The smallest absolute Gasteiger partial charge is 0.133 e. The summed E-state index contributed by atoms with van der Waals surface area (Å²) in [5, 5.41) is 4.12. The molecule has 2 aromatic rings. The van der Waals surface area contributed by atoms with E-state index in [1.807, 2.05) is 37.6 Å². The van der Waals surface area contributed by atoms with E-state index in [2.05, 4.69) is 21.0 Å². The summed E-state index contributed by atoms with van der Waals surface area (Å²) in [6, 6.07) is 5.88. The van der Waals surface area contributed by atoms with E-state index in [-0.39, 0.29) is 0 Å². The fraction of sp³-hybridized carbons (Fsp3) is 0.308. The Kier molecular flexibility index (Phi) is 4.66. The Labute approximate surface area is 120 Å². The lowest BCUT2D eigenvalue weighted by atomic mass is 10.2. The van der Waals surface area contributed by atoms with Gasteiger partial charge in [-0.05, 0) is 39.2 Å². The zero-order chi connectivity index (χ0) is 13.0. The molecule has 3 nitrogen and oxygen atoms in total. The molecule has 0 aliphatic heterocycles. The number of alkyl halides is 1. The van der Waals surface area contributed by atoms with Crippen LogP contribution in [0.4, 0.5) is 0 Å². The van der Waals surface area contributed by atoms with Crippen molar-refractivity contribution in [1.29, 1.82) is 0 Å². The largest absolute Gasteiger partial charge is 0.492 e. The van der Waals surface area contributed by atoms with Crippen LogP contribution in [-0.2, 0) is 19.3 Å². The van der Waals surface area contributed by atoms with E-state index in [0.717, 1.165) is 22.2 Å². The molecule has 0 radical (unpaired) electrons. The monoisotopic (exact) mass is 328 g/mol. The number of halogens is 2. The Morgan fingerprint density at radius 3 is 2.83 bits per heavy atom. The second kappa shape index (κ2) is 6.25. The quantitative estimate of drug-likeness (QED) is 0.785. The molecule has 0 N–H and O–H groups in total. The van der Waals surface area contributed by atoms with Crippen LogP contribution in [0.2, 0.25) is 0 Å². The first-order valence-corrected chi connectivity index (χ1v) is 6.96. The minimum atomic E-state index is 0.508. The molecule has 1 aromatic carbocycles. The van der Waals surface area contributed by atoms with Crippen molar-refractivity contribution in [3.63, 3.8) is 0 Å². The van der Waals surface area contributed by atoms with Gasteiger partial charge in [-0.1, -0.05) is 6.07 Å². The van der Waals surface area contributed by atoms with E-state index in [1.54, 1.807) is 4.68 Å². The molecule has 0 aliphatic carbocycles. The van der Waals surface area contributed by atoms with Gasteiger partial charge in [-0.2, -0.15) is 5.10 Å². The number of aryl methyl sites for hydroxylation is 1. The predicted molar refractivity (Wildman–Crippen MR) is 76.1 cm³/mol. The van der Waals surface area contributed by atoms with E-state index < -0.39 is 0 Å². The van der Waals surface area contributed by atoms with E-state index >= 15 is 0 Å². The third-order valence-corrected chi connectivity index (χ3v) is 3.49. The molecular formula is C13H14BrClN2O. The molecule has 0 fully saturated rings. The van der Waals surface area contributed by atoms with Crippen molar-refractivity contribution in [3.05, 3.63) is 46.2 Å². The summed E-state index contributed by atoms with van der Waals surface area (Å²) in [5.41, 5.74) is 2.24. The van der Waals surface area contributed by atoms with Crippen molar-refractivity contribution in [2.24, 2.45) is 7.05 Å². The van der Waals surface area contributed by atoms with Crippen LogP contribution in [0.3, 0.4) is 0 Å². The van der Waals surface area contributed by atoms with Gasteiger partial charge in [-0.25, -0.2) is 0 Å². The molecule has 0 bridgehead atoms. The Hall–Kier alpha value is -1.00. The topological polar surface area (TPSA) is 27.1 Å². The summed E-state index contributed by atoms with van der Waals surface area (Å²) in [7, 11) is 1.91. The lowest BCUT2D eigenvalue weighted by molar-refractivity contribution is 0.320. The minimum absolute atomic E-state index is 0.508. The van der Waals surface area contributed by atoms with Crippen molar-refractivity contribution >= 4 is 27.5 Å². The number of benzene rings is 1. The van der Waals surface area contributed by atoms with Crippen LogP contribution in [0.1, 0.15) is 11.1 Å². The van der Waals surface area contributed by atoms with Gasteiger partial charge in [0, 0.05) is 25.5 Å². The maximum Gasteiger partial charge on any atom is 0.133 e. The molecule has 1 heterocycles. The highest BCUT2D eigenvalue weighted by atomic mass is 79.9. The summed E-state index contributed by atoms with van der Waals surface area (Å²) in [6.07, 6.45) is 4.70. The molecule has 1 aromatic heterocycles. The average molecular weight is 330 g/mol. The van der Waals surface area contributed by atoms with Crippen LogP contribution >= 0.6 is 27.5 Å². The maximum atomic E-state index is 5.77. The van der Waals surface area contributed by atoms with Crippen LogP contribution in [0, 0.1) is 0 Å². The summed E-state index contributed by atoms with van der Waals surface area (Å²) in [6.45, 7) is 0.629. The minimum Gasteiger partial charge on any atom is -0.492 e. The average Bonchev–Trinajstić information content (AvgIpc) is 2.77. The van der Waals surface area contributed by atoms with E-state index in [1.165, 1.54) is 5.56 Å². The molecule has 0 amide bonds. The molecular weight excluding hydrogens is 316 g/mol. The third-order valence-electron chi connectivity index (χ3n) is 2.56. The molecule has 96 valence electrons. The molecule has 0 spiro atoms. The second-order valence-electron chi connectivity index (χ2n) is 4.02. The van der Waals surface area contributed by atoms with Crippen LogP contribution in [0.15, 0.2) is 35.1 Å². The Morgan fingerprint density at radius 1 is 1.39 bits per heavy atom. The van der Waals surface area contributed by atoms with Crippen molar-refractivity contribution < 1.29 is 4.74 Å². The normalized spacial score (nSPS) is 10.6. The molecule has 5 heteroatoms. The van der Waals surface area contributed by atoms with Crippen molar-refractivity contribution in [3.8, 4) is 5.75 Å². The molecule has 0 atom stereocenters.